The molecule has 0 amide bonds. The van der Waals surface area contributed by atoms with Crippen LogP contribution in [0.4, 0.5) is 0 Å². The van der Waals surface area contributed by atoms with Crippen molar-refractivity contribution in [3.63, 3.8) is 0 Å². The Balaban J connectivity index is 2.59. The van der Waals surface area contributed by atoms with Crippen LogP contribution >= 0.6 is 27.5 Å². The van der Waals surface area contributed by atoms with Gasteiger partial charge in [0.05, 0.1) is 17.1 Å². The zero-order valence-electron chi connectivity index (χ0n) is 11.8. The van der Waals surface area contributed by atoms with Crippen LogP contribution in [0, 0.1) is 0 Å². The van der Waals surface area contributed by atoms with E-state index in [0.29, 0.717) is 25.7 Å². The number of rotatable bonds is 5. The lowest BCUT2D eigenvalue weighted by Gasteiger charge is -2.43. The number of aliphatic hydroxyl groups is 2. The summed E-state index contributed by atoms with van der Waals surface area (Å²) in [5, 5.41) is 20.3. The minimum absolute atomic E-state index is 0.127. The summed E-state index contributed by atoms with van der Waals surface area (Å²) < 4.78 is -0.127. The molecule has 2 nitrogen and oxygen atoms in total. The highest BCUT2D eigenvalue weighted by Gasteiger charge is 2.45. The molecule has 4 heteroatoms. The Bertz CT molecular complexity index is 367. The zero-order chi connectivity index (χ0) is 14.8. The summed E-state index contributed by atoms with van der Waals surface area (Å²) in [6.45, 7) is 11.6. The van der Waals surface area contributed by atoms with E-state index in [-0.39, 0.29) is 9.70 Å². The first kappa shape index (κ1) is 17.2. The Morgan fingerprint density at radius 2 is 2.05 bits per heavy atom. The lowest BCUT2D eigenvalue weighted by molar-refractivity contribution is 0.0306. The van der Waals surface area contributed by atoms with Crippen LogP contribution in [0.2, 0.25) is 0 Å². The average molecular weight is 352 g/mol. The smallest absolute Gasteiger partial charge is 0.0869 e. The fraction of sp³-hybridized carbons (Fsp3) is 0.733. The van der Waals surface area contributed by atoms with Crippen molar-refractivity contribution in [1.82, 2.24) is 0 Å². The predicted octanol–water partition coefficient (Wildman–Crippen LogP) is 3.94. The van der Waals surface area contributed by atoms with Gasteiger partial charge in [-0.05, 0) is 51.5 Å². The molecule has 0 aromatic heterocycles. The van der Waals surface area contributed by atoms with E-state index in [4.69, 9.17) is 11.6 Å². The van der Waals surface area contributed by atoms with E-state index >= 15 is 0 Å². The normalized spacial score (nSPS) is 36.8. The Kier molecular flexibility index (Phi) is 5.71. The van der Waals surface area contributed by atoms with Crippen molar-refractivity contribution in [3.05, 3.63) is 24.3 Å². The van der Waals surface area contributed by atoms with Crippen molar-refractivity contribution in [2.45, 2.75) is 67.4 Å². The molecule has 0 aromatic carbocycles. The summed E-state index contributed by atoms with van der Waals surface area (Å²) in [4.78, 5) is 0. The van der Waals surface area contributed by atoms with Crippen LogP contribution in [0.3, 0.4) is 0 Å². The van der Waals surface area contributed by atoms with E-state index in [1.165, 1.54) is 0 Å². The maximum atomic E-state index is 10.7. The van der Waals surface area contributed by atoms with Gasteiger partial charge in [-0.2, -0.15) is 0 Å². The SMILES string of the molecule is C=C(C)C(O)CCC(=C)[C@@]1(O)CC[C@@](C)(Br)[C@H](Cl)C1. The first-order valence-corrected chi connectivity index (χ1v) is 7.88. The van der Waals surface area contributed by atoms with Crippen LogP contribution < -0.4 is 0 Å². The Hall–Kier alpha value is 0.170. The molecule has 0 aliphatic heterocycles. The van der Waals surface area contributed by atoms with Gasteiger partial charge in [-0.3, -0.25) is 0 Å². The second kappa shape index (κ2) is 6.30. The van der Waals surface area contributed by atoms with Crippen molar-refractivity contribution in [2.24, 2.45) is 0 Å². The number of aliphatic hydroxyl groups excluding tert-OH is 1. The van der Waals surface area contributed by atoms with Crippen molar-refractivity contribution >= 4 is 27.5 Å². The summed E-state index contributed by atoms with van der Waals surface area (Å²) in [6, 6.07) is 0. The van der Waals surface area contributed by atoms with Crippen LogP contribution in [0.1, 0.15) is 46.0 Å². The molecule has 110 valence electrons. The maximum absolute atomic E-state index is 10.7. The van der Waals surface area contributed by atoms with Gasteiger partial charge in [0.25, 0.3) is 0 Å². The molecule has 1 saturated carbocycles. The first-order valence-electron chi connectivity index (χ1n) is 6.65. The van der Waals surface area contributed by atoms with Crippen molar-refractivity contribution < 1.29 is 10.2 Å². The molecule has 2 N–H and O–H groups in total. The molecule has 1 aliphatic carbocycles. The third kappa shape index (κ3) is 4.32. The number of hydrogen-bond donors (Lipinski definition) is 2. The highest BCUT2D eigenvalue weighted by molar-refractivity contribution is 9.10. The van der Waals surface area contributed by atoms with Gasteiger partial charge in [-0.1, -0.05) is 34.7 Å². The maximum Gasteiger partial charge on any atom is 0.0869 e. The fourth-order valence-electron chi connectivity index (χ4n) is 2.33. The van der Waals surface area contributed by atoms with Crippen LogP contribution in [0.15, 0.2) is 24.3 Å². The predicted molar refractivity (Wildman–Crippen MR) is 85.0 cm³/mol. The fourth-order valence-corrected chi connectivity index (χ4v) is 3.05. The summed E-state index contributed by atoms with van der Waals surface area (Å²) in [5.41, 5.74) is 0.599. The lowest BCUT2D eigenvalue weighted by Crippen LogP contribution is -2.46. The number of hydrogen-bond acceptors (Lipinski definition) is 2. The second-order valence-corrected chi connectivity index (χ2v) is 8.32. The highest BCUT2D eigenvalue weighted by Crippen LogP contribution is 2.46. The molecule has 0 radical (unpaired) electrons. The molecule has 4 atom stereocenters. The van der Waals surface area contributed by atoms with E-state index in [9.17, 15) is 10.2 Å². The molecule has 0 aromatic rings. The molecular formula is C15H24BrClO2. The van der Waals surface area contributed by atoms with Gasteiger partial charge in [-0.15, -0.1) is 11.6 Å². The van der Waals surface area contributed by atoms with Crippen LogP contribution in [-0.4, -0.2) is 31.6 Å². The van der Waals surface area contributed by atoms with Crippen molar-refractivity contribution in [3.8, 4) is 0 Å². The van der Waals surface area contributed by atoms with Crippen LogP contribution in [-0.2, 0) is 0 Å². The third-order valence-electron chi connectivity index (χ3n) is 4.14. The van der Waals surface area contributed by atoms with Gasteiger partial charge in [0.2, 0.25) is 0 Å². The summed E-state index contributed by atoms with van der Waals surface area (Å²) in [7, 11) is 0. The Morgan fingerprint density at radius 3 is 2.53 bits per heavy atom. The molecular weight excluding hydrogens is 328 g/mol. The summed E-state index contributed by atoms with van der Waals surface area (Å²) in [6.07, 6.45) is 2.57. The number of alkyl halides is 2. The molecule has 0 saturated heterocycles. The third-order valence-corrected chi connectivity index (χ3v) is 5.99. The van der Waals surface area contributed by atoms with Crippen LogP contribution in [0.25, 0.3) is 0 Å². The van der Waals surface area contributed by atoms with Gasteiger partial charge < -0.3 is 10.2 Å². The van der Waals surface area contributed by atoms with E-state index in [2.05, 4.69) is 36.0 Å². The average Bonchev–Trinajstić information content (AvgIpc) is 2.31. The molecule has 0 spiro atoms. The molecule has 19 heavy (non-hydrogen) atoms. The van der Waals surface area contributed by atoms with Crippen molar-refractivity contribution in [1.29, 1.82) is 0 Å². The quantitative estimate of drug-likeness (QED) is 0.582. The van der Waals surface area contributed by atoms with Crippen molar-refractivity contribution in [2.75, 3.05) is 0 Å². The van der Waals surface area contributed by atoms with E-state index in [1.54, 1.807) is 6.92 Å². The van der Waals surface area contributed by atoms with Gasteiger partial charge >= 0.3 is 0 Å². The minimum Gasteiger partial charge on any atom is -0.389 e. The molecule has 1 rings (SSSR count). The Morgan fingerprint density at radius 1 is 1.47 bits per heavy atom. The molecule has 1 fully saturated rings. The zero-order valence-corrected chi connectivity index (χ0v) is 14.1. The summed E-state index contributed by atoms with van der Waals surface area (Å²) in [5.74, 6) is 0. The highest BCUT2D eigenvalue weighted by atomic mass is 79.9. The van der Waals surface area contributed by atoms with Gasteiger partial charge in [0.1, 0.15) is 0 Å². The monoisotopic (exact) mass is 350 g/mol. The minimum atomic E-state index is -0.908. The number of halogens is 2. The second-order valence-electron chi connectivity index (χ2n) is 5.99. The van der Waals surface area contributed by atoms with E-state index < -0.39 is 11.7 Å². The summed E-state index contributed by atoms with van der Waals surface area (Å²) >= 11 is 9.95. The molecule has 0 heterocycles. The van der Waals surface area contributed by atoms with Gasteiger partial charge in [0.15, 0.2) is 0 Å². The van der Waals surface area contributed by atoms with E-state index in [0.717, 1.165) is 17.6 Å². The molecule has 1 aliphatic rings. The molecule has 0 bridgehead atoms. The largest absolute Gasteiger partial charge is 0.389 e. The van der Waals surface area contributed by atoms with E-state index in [1.807, 2.05) is 0 Å². The molecule has 1 unspecified atom stereocenters. The lowest BCUT2D eigenvalue weighted by atomic mass is 9.74. The van der Waals surface area contributed by atoms with Gasteiger partial charge in [-0.25, -0.2) is 0 Å². The standard InChI is InChI=1S/C15H24BrClO2/c1-10(2)12(18)6-5-11(3)15(19)8-7-14(4,16)13(17)9-15/h12-13,18-19H,1,3,5-9H2,2,4H3/t12?,13-,14-,15-/m1/s1. The first-order chi connectivity index (χ1) is 8.58. The van der Waals surface area contributed by atoms with Gasteiger partial charge in [0, 0.05) is 4.32 Å². The van der Waals surface area contributed by atoms with Crippen LogP contribution in [0.5, 0.6) is 0 Å². The topological polar surface area (TPSA) is 40.5 Å². The Labute approximate surface area is 129 Å².